The van der Waals surface area contributed by atoms with Crippen LogP contribution in [-0.4, -0.2) is 18.1 Å². The Labute approximate surface area is 92.9 Å². The van der Waals surface area contributed by atoms with Crippen LogP contribution in [0.5, 0.6) is 0 Å². The normalized spacial score (nSPS) is 10.1. The van der Waals surface area contributed by atoms with Crippen molar-refractivity contribution in [2.75, 3.05) is 7.11 Å². The number of hydrogen-bond donors (Lipinski definition) is 0. The highest BCUT2D eigenvalue weighted by Gasteiger charge is 2.12. The van der Waals surface area contributed by atoms with Crippen molar-refractivity contribution in [1.82, 2.24) is 4.98 Å². The van der Waals surface area contributed by atoms with Crippen LogP contribution in [0.3, 0.4) is 0 Å². The molecule has 1 heterocycles. The second-order valence-electron chi connectivity index (χ2n) is 3.28. The van der Waals surface area contributed by atoms with Gasteiger partial charge in [0.25, 0.3) is 0 Å². The average Bonchev–Trinajstić information content (AvgIpc) is 2.78. The highest BCUT2D eigenvalue weighted by Crippen LogP contribution is 2.09. The standard InChI is InChI=1S/C12H11NO3/c1-15-12(14)10-8-16-11(13-10)7-9-5-3-2-4-6-9/h2-6,8H,7H2,1H3. The van der Waals surface area contributed by atoms with Crippen LogP contribution in [0, 0.1) is 0 Å². The number of rotatable bonds is 3. The Hall–Kier alpha value is -2.10. The van der Waals surface area contributed by atoms with Crippen molar-refractivity contribution in [3.63, 3.8) is 0 Å². The number of ether oxygens (including phenoxy) is 1. The van der Waals surface area contributed by atoms with E-state index in [1.165, 1.54) is 13.4 Å². The van der Waals surface area contributed by atoms with Crippen LogP contribution in [0.1, 0.15) is 21.9 Å². The molecule has 0 aliphatic rings. The molecular formula is C12H11NO3. The van der Waals surface area contributed by atoms with E-state index in [0.717, 1.165) is 5.56 Å². The summed E-state index contributed by atoms with van der Waals surface area (Å²) in [6.07, 6.45) is 1.88. The van der Waals surface area contributed by atoms with E-state index >= 15 is 0 Å². The summed E-state index contributed by atoms with van der Waals surface area (Å²) in [5, 5.41) is 0. The topological polar surface area (TPSA) is 52.3 Å². The first-order valence-electron chi connectivity index (χ1n) is 4.86. The summed E-state index contributed by atoms with van der Waals surface area (Å²) < 4.78 is 9.72. The van der Waals surface area contributed by atoms with Crippen molar-refractivity contribution >= 4 is 5.97 Å². The van der Waals surface area contributed by atoms with Crippen LogP contribution in [0.2, 0.25) is 0 Å². The van der Waals surface area contributed by atoms with Gasteiger partial charge in [0.1, 0.15) is 6.26 Å². The summed E-state index contributed by atoms with van der Waals surface area (Å²) in [7, 11) is 1.31. The fourth-order valence-electron chi connectivity index (χ4n) is 1.36. The van der Waals surface area contributed by atoms with Gasteiger partial charge < -0.3 is 9.15 Å². The summed E-state index contributed by atoms with van der Waals surface area (Å²) in [6, 6.07) is 9.78. The predicted octanol–water partition coefficient (Wildman–Crippen LogP) is 2.05. The minimum absolute atomic E-state index is 0.202. The molecule has 0 radical (unpaired) electrons. The molecule has 1 aromatic carbocycles. The van der Waals surface area contributed by atoms with Gasteiger partial charge in [0.05, 0.1) is 7.11 Å². The Kier molecular flexibility index (Phi) is 3.00. The second kappa shape index (κ2) is 4.61. The van der Waals surface area contributed by atoms with Gasteiger partial charge in [-0.05, 0) is 5.56 Å². The molecule has 0 unspecified atom stereocenters. The van der Waals surface area contributed by atoms with Gasteiger partial charge in [-0.1, -0.05) is 30.3 Å². The maximum absolute atomic E-state index is 11.1. The first-order chi connectivity index (χ1) is 7.79. The summed E-state index contributed by atoms with van der Waals surface area (Å²) >= 11 is 0. The van der Waals surface area contributed by atoms with Crippen molar-refractivity contribution in [2.24, 2.45) is 0 Å². The van der Waals surface area contributed by atoms with E-state index in [2.05, 4.69) is 9.72 Å². The summed E-state index contributed by atoms with van der Waals surface area (Å²) in [4.78, 5) is 15.2. The Balaban J connectivity index is 2.12. The number of carbonyl (C=O) groups is 1. The van der Waals surface area contributed by atoms with E-state index in [1.54, 1.807) is 0 Å². The minimum Gasteiger partial charge on any atom is -0.464 e. The molecule has 0 saturated carbocycles. The van der Waals surface area contributed by atoms with Crippen LogP contribution < -0.4 is 0 Å². The first-order valence-corrected chi connectivity index (χ1v) is 4.86. The molecule has 4 heteroatoms. The van der Waals surface area contributed by atoms with Crippen LogP contribution in [0.25, 0.3) is 0 Å². The number of nitrogens with zero attached hydrogens (tertiary/aromatic N) is 1. The predicted molar refractivity (Wildman–Crippen MR) is 57.1 cm³/mol. The zero-order valence-electron chi connectivity index (χ0n) is 8.84. The highest BCUT2D eigenvalue weighted by molar-refractivity contribution is 5.86. The molecule has 0 fully saturated rings. The van der Waals surface area contributed by atoms with E-state index in [4.69, 9.17) is 4.42 Å². The molecule has 16 heavy (non-hydrogen) atoms. The number of oxazole rings is 1. The van der Waals surface area contributed by atoms with E-state index in [1.807, 2.05) is 30.3 Å². The largest absolute Gasteiger partial charge is 0.464 e. The van der Waals surface area contributed by atoms with Crippen molar-refractivity contribution in [2.45, 2.75) is 6.42 Å². The summed E-state index contributed by atoms with van der Waals surface area (Å²) in [6.45, 7) is 0. The van der Waals surface area contributed by atoms with Crippen LogP contribution in [0.4, 0.5) is 0 Å². The van der Waals surface area contributed by atoms with Gasteiger partial charge in [-0.3, -0.25) is 0 Å². The van der Waals surface area contributed by atoms with Gasteiger partial charge >= 0.3 is 5.97 Å². The SMILES string of the molecule is COC(=O)c1coc(Cc2ccccc2)n1. The van der Waals surface area contributed by atoms with Gasteiger partial charge in [0.15, 0.2) is 11.6 Å². The van der Waals surface area contributed by atoms with E-state index in [0.29, 0.717) is 12.3 Å². The van der Waals surface area contributed by atoms with E-state index < -0.39 is 5.97 Å². The van der Waals surface area contributed by atoms with Gasteiger partial charge in [0.2, 0.25) is 0 Å². The molecule has 2 rings (SSSR count). The van der Waals surface area contributed by atoms with Crippen LogP contribution in [-0.2, 0) is 11.2 Å². The third-order valence-corrected chi connectivity index (χ3v) is 2.14. The second-order valence-corrected chi connectivity index (χ2v) is 3.28. The smallest absolute Gasteiger partial charge is 0.360 e. The number of benzene rings is 1. The fraction of sp³-hybridized carbons (Fsp3) is 0.167. The summed E-state index contributed by atoms with van der Waals surface area (Å²) in [5.41, 5.74) is 1.29. The van der Waals surface area contributed by atoms with Gasteiger partial charge in [0, 0.05) is 6.42 Å². The molecule has 0 saturated heterocycles. The molecule has 2 aromatic rings. The number of esters is 1. The molecule has 0 N–H and O–H groups in total. The quantitative estimate of drug-likeness (QED) is 0.738. The van der Waals surface area contributed by atoms with Gasteiger partial charge in [-0.2, -0.15) is 0 Å². The van der Waals surface area contributed by atoms with Crippen molar-refractivity contribution in [3.8, 4) is 0 Å². The molecule has 0 spiro atoms. The minimum atomic E-state index is -0.483. The lowest BCUT2D eigenvalue weighted by Crippen LogP contribution is -2.01. The molecule has 82 valence electrons. The molecule has 4 nitrogen and oxygen atoms in total. The van der Waals surface area contributed by atoms with Crippen LogP contribution >= 0.6 is 0 Å². The third-order valence-electron chi connectivity index (χ3n) is 2.14. The fourth-order valence-corrected chi connectivity index (χ4v) is 1.36. The maximum Gasteiger partial charge on any atom is 0.360 e. The Morgan fingerprint density at radius 2 is 2.12 bits per heavy atom. The molecule has 0 aliphatic heterocycles. The third kappa shape index (κ3) is 2.28. The Morgan fingerprint density at radius 1 is 1.38 bits per heavy atom. The number of carbonyl (C=O) groups excluding carboxylic acids is 1. The van der Waals surface area contributed by atoms with Gasteiger partial charge in [-0.25, -0.2) is 9.78 Å². The first kappa shape index (κ1) is 10.4. The molecule has 0 bridgehead atoms. The monoisotopic (exact) mass is 217 g/mol. The van der Waals surface area contributed by atoms with Gasteiger partial charge in [-0.15, -0.1) is 0 Å². The number of hydrogen-bond acceptors (Lipinski definition) is 4. The molecule has 1 aromatic heterocycles. The lowest BCUT2D eigenvalue weighted by Gasteiger charge is -1.95. The Bertz CT molecular complexity index is 476. The van der Waals surface area contributed by atoms with Crippen molar-refractivity contribution < 1.29 is 13.9 Å². The Morgan fingerprint density at radius 3 is 2.81 bits per heavy atom. The van der Waals surface area contributed by atoms with Crippen molar-refractivity contribution in [3.05, 3.63) is 53.7 Å². The molecular weight excluding hydrogens is 206 g/mol. The van der Waals surface area contributed by atoms with Crippen molar-refractivity contribution in [1.29, 1.82) is 0 Å². The zero-order valence-corrected chi connectivity index (χ0v) is 8.84. The number of aromatic nitrogens is 1. The highest BCUT2D eigenvalue weighted by atomic mass is 16.5. The summed E-state index contributed by atoms with van der Waals surface area (Å²) in [5.74, 6) is 0.0228. The maximum atomic E-state index is 11.1. The lowest BCUT2D eigenvalue weighted by molar-refractivity contribution is 0.0594. The van der Waals surface area contributed by atoms with E-state index in [-0.39, 0.29) is 5.69 Å². The molecule has 0 atom stereocenters. The number of methoxy groups -OCH3 is 1. The van der Waals surface area contributed by atoms with E-state index in [9.17, 15) is 4.79 Å². The molecule has 0 amide bonds. The lowest BCUT2D eigenvalue weighted by atomic mass is 10.1. The average molecular weight is 217 g/mol. The van der Waals surface area contributed by atoms with Crippen LogP contribution in [0.15, 0.2) is 41.0 Å². The molecule has 0 aliphatic carbocycles. The zero-order chi connectivity index (χ0) is 11.4.